The minimum absolute atomic E-state index is 0.143. The summed E-state index contributed by atoms with van der Waals surface area (Å²) in [6.07, 6.45) is -0.559. The second kappa shape index (κ2) is 6.89. The summed E-state index contributed by atoms with van der Waals surface area (Å²) < 4.78 is 12.4. The summed E-state index contributed by atoms with van der Waals surface area (Å²) in [5, 5.41) is 7.54. The number of anilines is 1. The summed E-state index contributed by atoms with van der Waals surface area (Å²) in [7, 11) is 0. The molecule has 0 unspecified atom stereocenters. The van der Waals surface area contributed by atoms with E-state index < -0.39 is 6.09 Å². The number of hydrogen-bond donors (Lipinski definition) is 1. The lowest BCUT2D eigenvalue weighted by Gasteiger charge is -2.36. The number of benzene rings is 2. The Hall–Kier alpha value is -3.12. The number of aromatic nitrogens is 2. The molecular formula is C21H21N3O3. The Morgan fingerprint density at radius 1 is 1.15 bits per heavy atom. The van der Waals surface area contributed by atoms with Crippen molar-refractivity contribution < 1.29 is 14.3 Å². The topological polar surface area (TPSA) is 65.4 Å². The predicted octanol–water partition coefficient (Wildman–Crippen LogP) is 4.08. The molecule has 1 aliphatic rings. The van der Waals surface area contributed by atoms with Crippen LogP contribution in [0.1, 0.15) is 18.2 Å². The van der Waals surface area contributed by atoms with Crippen LogP contribution in [0.15, 0.2) is 60.7 Å². The number of carbonyl (C=O) groups is 1. The van der Waals surface area contributed by atoms with Gasteiger partial charge >= 0.3 is 6.09 Å². The molecule has 2 heterocycles. The second-order valence-electron chi connectivity index (χ2n) is 7.04. The molecule has 6 heteroatoms. The smallest absolute Gasteiger partial charge is 0.410 e. The van der Waals surface area contributed by atoms with Gasteiger partial charge in [-0.05, 0) is 38.1 Å². The summed E-state index contributed by atoms with van der Waals surface area (Å²) in [4.78, 5) is 12.4. The van der Waals surface area contributed by atoms with Gasteiger partial charge in [-0.25, -0.2) is 9.48 Å². The van der Waals surface area contributed by atoms with E-state index in [0.717, 1.165) is 16.9 Å². The molecule has 1 saturated heterocycles. The molecule has 1 amide bonds. The summed E-state index contributed by atoms with van der Waals surface area (Å²) in [6.45, 7) is 5.36. The summed E-state index contributed by atoms with van der Waals surface area (Å²) in [5.74, 6) is 1.04. The lowest BCUT2D eigenvalue weighted by atomic mass is 9.85. The number of para-hydroxylation sites is 1. The third kappa shape index (κ3) is 3.57. The van der Waals surface area contributed by atoms with Crippen molar-refractivity contribution in [1.29, 1.82) is 0 Å². The number of nitrogens with one attached hydrogen (secondary N) is 1. The van der Waals surface area contributed by atoms with Gasteiger partial charge in [0.25, 0.3) is 0 Å². The minimum Gasteiger partial charge on any atom is -0.410 e. The molecule has 0 aliphatic carbocycles. The van der Waals surface area contributed by atoms with Crippen LogP contribution in [0.4, 0.5) is 10.6 Å². The van der Waals surface area contributed by atoms with Crippen molar-refractivity contribution in [3.8, 4) is 11.4 Å². The van der Waals surface area contributed by atoms with Crippen molar-refractivity contribution in [2.75, 3.05) is 18.5 Å². The van der Waals surface area contributed by atoms with Gasteiger partial charge in [0.15, 0.2) is 0 Å². The molecule has 0 spiro atoms. The molecule has 1 fully saturated rings. The predicted molar refractivity (Wildman–Crippen MR) is 103 cm³/mol. The molecular weight excluding hydrogens is 342 g/mol. The van der Waals surface area contributed by atoms with Crippen LogP contribution in [0, 0.1) is 6.92 Å². The quantitative estimate of drug-likeness (QED) is 0.759. The first-order valence-corrected chi connectivity index (χ1v) is 8.83. The number of ether oxygens (including phenoxy) is 2. The fraction of sp³-hybridized carbons (Fsp3) is 0.238. The van der Waals surface area contributed by atoms with Crippen LogP contribution < -0.4 is 10.1 Å². The Bertz CT molecular complexity index is 945. The molecule has 0 saturated carbocycles. The zero-order valence-corrected chi connectivity index (χ0v) is 15.3. The van der Waals surface area contributed by atoms with Gasteiger partial charge in [-0.15, -0.1) is 0 Å². The average Bonchev–Trinajstić information content (AvgIpc) is 3.05. The van der Waals surface area contributed by atoms with Gasteiger partial charge in [0.2, 0.25) is 0 Å². The highest BCUT2D eigenvalue weighted by molar-refractivity contribution is 5.85. The van der Waals surface area contributed by atoms with E-state index in [1.165, 1.54) is 0 Å². The molecule has 138 valence electrons. The molecule has 2 aromatic carbocycles. The zero-order valence-electron chi connectivity index (χ0n) is 15.3. The van der Waals surface area contributed by atoms with Crippen molar-refractivity contribution >= 4 is 11.9 Å². The van der Waals surface area contributed by atoms with Gasteiger partial charge in [-0.3, -0.25) is 5.32 Å². The molecule has 1 aliphatic heterocycles. The molecule has 1 aromatic heterocycles. The Morgan fingerprint density at radius 2 is 1.85 bits per heavy atom. The molecule has 0 radical (unpaired) electrons. The van der Waals surface area contributed by atoms with Crippen LogP contribution in [0.3, 0.4) is 0 Å². The van der Waals surface area contributed by atoms with Crippen molar-refractivity contribution in [1.82, 2.24) is 9.78 Å². The molecule has 0 bridgehead atoms. The first kappa shape index (κ1) is 17.3. The average molecular weight is 363 g/mol. The van der Waals surface area contributed by atoms with Crippen LogP contribution in [0.25, 0.3) is 5.69 Å². The number of rotatable bonds is 4. The van der Waals surface area contributed by atoms with Crippen molar-refractivity contribution in [3.05, 3.63) is 71.9 Å². The Labute approximate surface area is 157 Å². The SMILES string of the molecule is Cc1ccc(-n2nc(C3(C)COC3)cc2NC(=O)Oc2ccccc2)cc1. The fourth-order valence-corrected chi connectivity index (χ4v) is 2.93. The number of hydrogen-bond acceptors (Lipinski definition) is 4. The van der Waals surface area contributed by atoms with E-state index in [1.807, 2.05) is 55.5 Å². The summed E-state index contributed by atoms with van der Waals surface area (Å²) in [5.41, 5.74) is 2.76. The van der Waals surface area contributed by atoms with Crippen LogP contribution in [-0.4, -0.2) is 29.1 Å². The maximum Gasteiger partial charge on any atom is 0.418 e. The second-order valence-corrected chi connectivity index (χ2v) is 7.04. The van der Waals surface area contributed by atoms with E-state index in [1.54, 1.807) is 16.8 Å². The standard InChI is InChI=1S/C21H21N3O3/c1-15-8-10-16(11-9-15)24-19(12-18(23-24)21(2)13-26-14-21)22-20(25)27-17-6-4-3-5-7-17/h3-12H,13-14H2,1-2H3,(H,22,25). The number of carbonyl (C=O) groups excluding carboxylic acids is 1. The van der Waals surface area contributed by atoms with E-state index in [0.29, 0.717) is 24.8 Å². The van der Waals surface area contributed by atoms with Gasteiger partial charge in [-0.1, -0.05) is 35.9 Å². The maximum absolute atomic E-state index is 12.4. The van der Waals surface area contributed by atoms with Crippen molar-refractivity contribution in [3.63, 3.8) is 0 Å². The lowest BCUT2D eigenvalue weighted by Crippen LogP contribution is -2.44. The van der Waals surface area contributed by atoms with Crippen molar-refractivity contribution in [2.45, 2.75) is 19.3 Å². The van der Waals surface area contributed by atoms with E-state index in [4.69, 9.17) is 14.6 Å². The Kier molecular flexibility index (Phi) is 4.41. The zero-order chi connectivity index (χ0) is 18.9. The highest BCUT2D eigenvalue weighted by atomic mass is 16.6. The van der Waals surface area contributed by atoms with E-state index in [-0.39, 0.29) is 5.41 Å². The number of amides is 1. The van der Waals surface area contributed by atoms with Gasteiger partial charge in [0.1, 0.15) is 11.6 Å². The van der Waals surface area contributed by atoms with Gasteiger partial charge in [0.05, 0.1) is 30.0 Å². The normalized spacial score (nSPS) is 15.0. The van der Waals surface area contributed by atoms with Crippen molar-refractivity contribution in [2.24, 2.45) is 0 Å². The highest BCUT2D eigenvalue weighted by Crippen LogP contribution is 2.33. The molecule has 1 N–H and O–H groups in total. The van der Waals surface area contributed by atoms with Gasteiger partial charge < -0.3 is 9.47 Å². The Morgan fingerprint density at radius 3 is 2.48 bits per heavy atom. The largest absolute Gasteiger partial charge is 0.418 e. The van der Waals surface area contributed by atoms with E-state index in [9.17, 15) is 4.79 Å². The first-order chi connectivity index (χ1) is 13.0. The molecule has 0 atom stereocenters. The fourth-order valence-electron chi connectivity index (χ4n) is 2.93. The monoisotopic (exact) mass is 363 g/mol. The molecule has 4 rings (SSSR count). The van der Waals surface area contributed by atoms with Gasteiger partial charge in [-0.2, -0.15) is 5.10 Å². The number of aryl methyl sites for hydroxylation is 1. The third-order valence-electron chi connectivity index (χ3n) is 4.63. The summed E-state index contributed by atoms with van der Waals surface area (Å²) >= 11 is 0. The van der Waals surface area contributed by atoms with E-state index in [2.05, 4.69) is 12.2 Å². The molecule has 6 nitrogen and oxygen atoms in total. The van der Waals surface area contributed by atoms with Crippen LogP contribution >= 0.6 is 0 Å². The highest BCUT2D eigenvalue weighted by Gasteiger charge is 2.38. The molecule has 3 aromatic rings. The van der Waals surface area contributed by atoms with Gasteiger partial charge in [0, 0.05) is 6.07 Å². The van der Waals surface area contributed by atoms with E-state index >= 15 is 0 Å². The third-order valence-corrected chi connectivity index (χ3v) is 4.63. The van der Waals surface area contributed by atoms with Crippen LogP contribution in [0.2, 0.25) is 0 Å². The van der Waals surface area contributed by atoms with Crippen LogP contribution in [0.5, 0.6) is 5.75 Å². The molecule has 27 heavy (non-hydrogen) atoms. The lowest BCUT2D eigenvalue weighted by molar-refractivity contribution is -0.0522. The Balaban J connectivity index is 1.63. The maximum atomic E-state index is 12.4. The van der Waals surface area contributed by atoms with Crippen LogP contribution in [-0.2, 0) is 10.2 Å². The first-order valence-electron chi connectivity index (χ1n) is 8.83. The summed E-state index contributed by atoms with van der Waals surface area (Å²) in [6, 6.07) is 18.8. The number of nitrogens with zero attached hydrogens (tertiary/aromatic N) is 2. The minimum atomic E-state index is -0.559.